The summed E-state index contributed by atoms with van der Waals surface area (Å²) < 4.78 is 14.1. The average molecular weight is 723 g/mol. The first-order valence-electron chi connectivity index (χ1n) is 18.6. The van der Waals surface area contributed by atoms with Crippen molar-refractivity contribution in [2.75, 3.05) is 6.66 Å². The molecule has 3 nitrogen and oxygen atoms in total. The van der Waals surface area contributed by atoms with Crippen molar-refractivity contribution < 1.29 is 4.57 Å². The third-order valence-electron chi connectivity index (χ3n) is 10.9. The molecule has 0 aliphatic carbocycles. The first kappa shape index (κ1) is 32.9. The Labute approximate surface area is 321 Å². The molecule has 9 aromatic rings. The van der Waals surface area contributed by atoms with Gasteiger partial charge in [0.15, 0.2) is 5.82 Å². The highest BCUT2D eigenvalue weighted by atomic mass is 31.2. The van der Waals surface area contributed by atoms with Crippen LogP contribution in [0.4, 0.5) is 0 Å². The lowest BCUT2D eigenvalue weighted by Crippen LogP contribution is -2.08. The van der Waals surface area contributed by atoms with E-state index < -0.39 is 7.14 Å². The number of aromatic nitrogens is 2. The maximum absolute atomic E-state index is 14.1. The van der Waals surface area contributed by atoms with Gasteiger partial charge in [0.05, 0.1) is 11.4 Å². The molecule has 1 atom stereocenters. The van der Waals surface area contributed by atoms with E-state index in [0.717, 1.165) is 83.0 Å². The van der Waals surface area contributed by atoms with Crippen LogP contribution >= 0.6 is 7.14 Å². The highest BCUT2D eigenvalue weighted by Gasteiger charge is 2.34. The van der Waals surface area contributed by atoms with E-state index in [1.54, 1.807) is 0 Å². The smallest absolute Gasteiger partial charge is 0.160 e. The van der Waals surface area contributed by atoms with E-state index in [1.165, 1.54) is 10.9 Å². The van der Waals surface area contributed by atoms with Crippen molar-refractivity contribution >= 4 is 28.5 Å². The minimum atomic E-state index is -2.68. The van der Waals surface area contributed by atoms with Crippen LogP contribution in [-0.4, -0.2) is 16.6 Å². The molecule has 260 valence electrons. The Hall–Kier alpha value is -6.67. The lowest BCUT2D eigenvalue weighted by atomic mass is 9.91. The quantitative estimate of drug-likeness (QED) is 0.161. The Kier molecular flexibility index (Phi) is 7.98. The zero-order valence-electron chi connectivity index (χ0n) is 30.2. The van der Waals surface area contributed by atoms with E-state index in [0.29, 0.717) is 5.82 Å². The molecule has 10 rings (SSSR count). The third-order valence-corrected chi connectivity index (χ3v) is 13.5. The highest BCUT2D eigenvalue weighted by Crippen LogP contribution is 2.51. The van der Waals surface area contributed by atoms with Crippen LogP contribution in [0.5, 0.6) is 0 Å². The number of hydrogen-bond donors (Lipinski definition) is 0. The fourth-order valence-electron chi connectivity index (χ4n) is 8.05. The van der Waals surface area contributed by atoms with Crippen molar-refractivity contribution in [2.45, 2.75) is 0 Å². The van der Waals surface area contributed by atoms with Crippen LogP contribution in [0.25, 0.3) is 89.2 Å². The normalized spacial score (nSPS) is 14.4. The van der Waals surface area contributed by atoms with E-state index in [4.69, 9.17) is 9.97 Å². The van der Waals surface area contributed by atoms with Crippen LogP contribution in [-0.2, 0) is 4.57 Å². The maximum Gasteiger partial charge on any atom is 0.160 e. The summed E-state index contributed by atoms with van der Waals surface area (Å²) in [6.07, 6.45) is 0. The van der Waals surface area contributed by atoms with Crippen molar-refractivity contribution in [1.29, 1.82) is 0 Å². The topological polar surface area (TPSA) is 42.9 Å². The van der Waals surface area contributed by atoms with Gasteiger partial charge in [-0.1, -0.05) is 176 Å². The summed E-state index contributed by atoms with van der Waals surface area (Å²) in [4.78, 5) is 10.2. The fraction of sp³-hybridized carbons (Fsp3) is 0.0196. The van der Waals surface area contributed by atoms with Crippen LogP contribution in [0.3, 0.4) is 0 Å². The Bertz CT molecular complexity index is 2960. The number of rotatable bonds is 6. The largest absolute Gasteiger partial charge is 0.314 e. The van der Waals surface area contributed by atoms with Gasteiger partial charge in [0, 0.05) is 27.3 Å². The molecule has 0 amide bonds. The molecule has 2 heterocycles. The molecule has 0 bridgehead atoms. The summed E-state index contributed by atoms with van der Waals surface area (Å²) in [7, 11) is -2.68. The summed E-state index contributed by atoms with van der Waals surface area (Å²) in [5, 5.41) is 4.24. The molecule has 55 heavy (non-hydrogen) atoms. The summed E-state index contributed by atoms with van der Waals surface area (Å²) in [6.45, 7) is 1.90. The van der Waals surface area contributed by atoms with Crippen molar-refractivity contribution in [2.24, 2.45) is 0 Å². The van der Waals surface area contributed by atoms with Gasteiger partial charge in [-0.2, -0.15) is 0 Å². The van der Waals surface area contributed by atoms with Crippen LogP contribution < -0.4 is 10.6 Å². The van der Waals surface area contributed by atoms with Gasteiger partial charge in [0.25, 0.3) is 0 Å². The molecule has 1 aliphatic rings. The van der Waals surface area contributed by atoms with E-state index in [-0.39, 0.29) is 0 Å². The highest BCUT2D eigenvalue weighted by molar-refractivity contribution is 7.79. The number of hydrogen-bond acceptors (Lipinski definition) is 3. The van der Waals surface area contributed by atoms with Crippen molar-refractivity contribution in [3.05, 3.63) is 194 Å². The van der Waals surface area contributed by atoms with E-state index in [9.17, 15) is 4.57 Å². The summed E-state index contributed by atoms with van der Waals surface area (Å²) in [6, 6.07) is 67.6. The molecule has 0 N–H and O–H groups in total. The van der Waals surface area contributed by atoms with Crippen LogP contribution in [0, 0.1) is 0 Å². The Morgan fingerprint density at radius 3 is 1.58 bits per heavy atom. The predicted molar refractivity (Wildman–Crippen MR) is 230 cm³/mol. The second kappa shape index (κ2) is 13.3. The van der Waals surface area contributed by atoms with Gasteiger partial charge in [0.2, 0.25) is 0 Å². The molecule has 1 unspecified atom stereocenters. The lowest BCUT2D eigenvalue weighted by molar-refractivity contribution is 0.591. The molecule has 0 radical (unpaired) electrons. The molecular formula is C51H35N2OP. The average Bonchev–Trinajstić information content (AvgIpc) is 3.49. The van der Waals surface area contributed by atoms with Gasteiger partial charge < -0.3 is 4.57 Å². The van der Waals surface area contributed by atoms with Gasteiger partial charge >= 0.3 is 0 Å². The van der Waals surface area contributed by atoms with Gasteiger partial charge in [-0.05, 0) is 80.1 Å². The standard InChI is InChI=1S/C51H35N2OP/c1-55(54)49-22-11-10-21-45(49)46-28-27-39(32-50(46)55)42-30-29-41(43-19-8-9-20-44(42)43)35-23-25-36(26-24-35)47-33-48(53-51(52-47)37-15-6-3-7-16-37)40-18-12-17-38(31-40)34-13-4-2-5-14-34/h2-33H,1H3. The zero-order chi connectivity index (χ0) is 36.9. The van der Waals surface area contributed by atoms with Crippen LogP contribution in [0.15, 0.2) is 194 Å². The van der Waals surface area contributed by atoms with Crippen LogP contribution in [0.2, 0.25) is 0 Å². The first-order chi connectivity index (χ1) is 27.0. The SMILES string of the molecule is CP1(=O)c2ccccc2-c2ccc(-c3ccc(-c4ccc(-c5cc(-c6cccc(-c7ccccc7)c6)nc(-c6ccccc6)n5)cc4)c4ccccc34)cc21. The molecular weight excluding hydrogens is 688 g/mol. The van der Waals surface area contributed by atoms with Gasteiger partial charge in [-0.25, -0.2) is 9.97 Å². The third kappa shape index (κ3) is 5.81. The van der Waals surface area contributed by atoms with Crippen LogP contribution in [0.1, 0.15) is 0 Å². The van der Waals surface area contributed by atoms with E-state index in [1.807, 2.05) is 49.1 Å². The molecule has 0 saturated heterocycles. The number of benzene rings is 8. The molecule has 0 fully saturated rings. The van der Waals surface area contributed by atoms with Crippen molar-refractivity contribution in [3.63, 3.8) is 0 Å². The minimum Gasteiger partial charge on any atom is -0.314 e. The monoisotopic (exact) mass is 722 g/mol. The minimum absolute atomic E-state index is 0.693. The number of nitrogens with zero attached hydrogens (tertiary/aromatic N) is 2. The Morgan fingerprint density at radius 2 is 0.855 bits per heavy atom. The Balaban J connectivity index is 1.03. The van der Waals surface area contributed by atoms with Gasteiger partial charge in [0.1, 0.15) is 7.14 Å². The molecule has 1 aliphatic heterocycles. The second-order valence-electron chi connectivity index (χ2n) is 14.2. The van der Waals surface area contributed by atoms with Crippen molar-refractivity contribution in [3.8, 4) is 78.4 Å². The second-order valence-corrected chi connectivity index (χ2v) is 17.0. The molecule has 8 aromatic carbocycles. The molecule has 0 saturated carbocycles. The summed E-state index contributed by atoms with van der Waals surface area (Å²) in [5.74, 6) is 0.693. The summed E-state index contributed by atoms with van der Waals surface area (Å²) >= 11 is 0. The molecule has 1 aromatic heterocycles. The predicted octanol–water partition coefficient (Wildman–Crippen LogP) is 12.6. The number of fused-ring (bicyclic) bond motifs is 4. The summed E-state index contributed by atoms with van der Waals surface area (Å²) in [5.41, 5.74) is 13.8. The van der Waals surface area contributed by atoms with Crippen molar-refractivity contribution in [1.82, 2.24) is 9.97 Å². The van der Waals surface area contributed by atoms with E-state index in [2.05, 4.69) is 152 Å². The van der Waals surface area contributed by atoms with E-state index >= 15 is 0 Å². The first-order valence-corrected chi connectivity index (χ1v) is 20.7. The lowest BCUT2D eigenvalue weighted by Gasteiger charge is -2.15. The fourth-order valence-corrected chi connectivity index (χ4v) is 10.4. The zero-order valence-corrected chi connectivity index (χ0v) is 31.1. The molecule has 0 spiro atoms. The Morgan fingerprint density at radius 1 is 0.345 bits per heavy atom. The maximum atomic E-state index is 14.1. The van der Waals surface area contributed by atoms with Gasteiger partial charge in [-0.3, -0.25) is 0 Å². The van der Waals surface area contributed by atoms with Gasteiger partial charge in [-0.15, -0.1) is 0 Å². The molecule has 4 heteroatoms.